The minimum absolute atomic E-state index is 0.0284. The second kappa shape index (κ2) is 7.97. The van der Waals surface area contributed by atoms with Crippen LogP contribution in [0.25, 0.3) is 0 Å². The zero-order valence-electron chi connectivity index (χ0n) is 12.8. The van der Waals surface area contributed by atoms with Crippen LogP contribution in [0.4, 0.5) is 0 Å². The van der Waals surface area contributed by atoms with Crippen LogP contribution in [-0.4, -0.2) is 18.4 Å². The van der Waals surface area contributed by atoms with Gasteiger partial charge in [-0.15, -0.1) is 0 Å². The van der Waals surface area contributed by atoms with Crippen molar-refractivity contribution in [1.29, 1.82) is 0 Å². The molecule has 0 heterocycles. The molecule has 0 fully saturated rings. The quantitative estimate of drug-likeness (QED) is 0.695. The second-order valence-electron chi connectivity index (χ2n) is 6.08. The molecule has 0 spiro atoms. The summed E-state index contributed by atoms with van der Waals surface area (Å²) in [5.74, 6) is -1.29. The van der Waals surface area contributed by atoms with Gasteiger partial charge in [-0.25, -0.2) is 0 Å². The lowest BCUT2D eigenvalue weighted by Crippen LogP contribution is -2.41. The SMILES string of the molecule is C/C=C/C[C@H](C(N)=O)C(CC(C)(C)C)C(=O)NCC. The highest BCUT2D eigenvalue weighted by Crippen LogP contribution is 2.31. The molecule has 0 aromatic rings. The summed E-state index contributed by atoms with van der Waals surface area (Å²) in [5.41, 5.74) is 5.45. The van der Waals surface area contributed by atoms with Gasteiger partial charge < -0.3 is 11.1 Å². The first-order valence-electron chi connectivity index (χ1n) is 6.91. The second-order valence-corrected chi connectivity index (χ2v) is 6.08. The maximum Gasteiger partial charge on any atom is 0.223 e. The molecule has 4 nitrogen and oxygen atoms in total. The first-order valence-corrected chi connectivity index (χ1v) is 6.91. The molecule has 0 aliphatic heterocycles. The molecule has 1 unspecified atom stereocenters. The molecule has 0 aliphatic rings. The van der Waals surface area contributed by atoms with Gasteiger partial charge in [-0.3, -0.25) is 9.59 Å². The lowest BCUT2D eigenvalue weighted by atomic mass is 9.76. The van der Waals surface area contributed by atoms with Crippen LogP contribution < -0.4 is 11.1 Å². The Morgan fingerprint density at radius 2 is 1.84 bits per heavy atom. The minimum atomic E-state index is -0.443. The molecule has 4 heteroatoms. The standard InChI is InChI=1S/C15H28N2O2/c1-6-8-9-11(13(16)18)12(10-15(3,4)5)14(19)17-7-2/h6,8,11-12H,7,9-10H2,1-5H3,(H2,16,18)(H,17,19)/b8-6+/t11-,12?/m0/s1. The van der Waals surface area contributed by atoms with Crippen molar-refractivity contribution in [1.82, 2.24) is 5.32 Å². The van der Waals surface area contributed by atoms with E-state index in [2.05, 4.69) is 26.1 Å². The average molecular weight is 268 g/mol. The van der Waals surface area contributed by atoms with Crippen LogP contribution in [0.2, 0.25) is 0 Å². The number of carbonyl (C=O) groups excluding carboxylic acids is 2. The summed E-state index contributed by atoms with van der Waals surface area (Å²) in [5, 5.41) is 2.81. The molecule has 0 aromatic heterocycles. The molecule has 0 saturated heterocycles. The van der Waals surface area contributed by atoms with Gasteiger partial charge in [-0.1, -0.05) is 32.9 Å². The van der Waals surface area contributed by atoms with E-state index in [1.165, 1.54) is 0 Å². The Balaban J connectivity index is 5.14. The van der Waals surface area contributed by atoms with Crippen LogP contribution in [0.3, 0.4) is 0 Å². The molecule has 2 atom stereocenters. The fraction of sp³-hybridized carbons (Fsp3) is 0.733. The van der Waals surface area contributed by atoms with E-state index in [0.29, 0.717) is 19.4 Å². The number of nitrogens with one attached hydrogen (secondary N) is 1. The van der Waals surface area contributed by atoms with Gasteiger partial charge in [-0.05, 0) is 32.1 Å². The van der Waals surface area contributed by atoms with Crippen molar-refractivity contribution in [2.45, 2.75) is 47.5 Å². The van der Waals surface area contributed by atoms with Gasteiger partial charge in [0.2, 0.25) is 11.8 Å². The lowest BCUT2D eigenvalue weighted by molar-refractivity contribution is -0.134. The molecular formula is C15H28N2O2. The van der Waals surface area contributed by atoms with Crippen molar-refractivity contribution in [2.24, 2.45) is 23.0 Å². The van der Waals surface area contributed by atoms with E-state index in [1.54, 1.807) is 0 Å². The third-order valence-corrected chi connectivity index (χ3v) is 3.00. The van der Waals surface area contributed by atoms with Crippen LogP contribution in [0.15, 0.2) is 12.2 Å². The third kappa shape index (κ3) is 6.99. The van der Waals surface area contributed by atoms with Gasteiger partial charge in [0.1, 0.15) is 0 Å². The van der Waals surface area contributed by atoms with Crippen molar-refractivity contribution >= 4 is 11.8 Å². The maximum absolute atomic E-state index is 12.2. The largest absolute Gasteiger partial charge is 0.369 e. The Morgan fingerprint density at radius 3 is 2.21 bits per heavy atom. The number of amides is 2. The van der Waals surface area contributed by atoms with E-state index in [9.17, 15) is 9.59 Å². The summed E-state index contributed by atoms with van der Waals surface area (Å²) in [7, 11) is 0. The predicted molar refractivity (Wildman–Crippen MR) is 78.4 cm³/mol. The molecular weight excluding hydrogens is 240 g/mol. The highest BCUT2D eigenvalue weighted by atomic mass is 16.2. The summed E-state index contributed by atoms with van der Waals surface area (Å²) in [6, 6.07) is 0. The zero-order valence-corrected chi connectivity index (χ0v) is 12.8. The molecule has 0 aromatic carbocycles. The van der Waals surface area contributed by atoms with Crippen molar-refractivity contribution in [3.8, 4) is 0 Å². The van der Waals surface area contributed by atoms with Gasteiger partial charge in [0.25, 0.3) is 0 Å². The van der Waals surface area contributed by atoms with E-state index < -0.39 is 11.8 Å². The lowest BCUT2D eigenvalue weighted by Gasteiger charge is -2.29. The first kappa shape index (κ1) is 17.7. The Morgan fingerprint density at radius 1 is 1.26 bits per heavy atom. The van der Waals surface area contributed by atoms with Crippen LogP contribution in [0, 0.1) is 17.3 Å². The number of hydrogen-bond donors (Lipinski definition) is 2. The molecule has 0 aliphatic carbocycles. The van der Waals surface area contributed by atoms with Gasteiger partial charge in [-0.2, -0.15) is 0 Å². The number of rotatable bonds is 7. The van der Waals surface area contributed by atoms with Crippen LogP contribution >= 0.6 is 0 Å². The number of allylic oxidation sites excluding steroid dienone is 2. The number of carbonyl (C=O) groups is 2. The molecule has 0 saturated carbocycles. The number of hydrogen-bond acceptors (Lipinski definition) is 2. The van der Waals surface area contributed by atoms with Gasteiger partial charge in [0, 0.05) is 6.54 Å². The van der Waals surface area contributed by atoms with Crippen LogP contribution in [0.5, 0.6) is 0 Å². The van der Waals surface area contributed by atoms with E-state index >= 15 is 0 Å². The molecule has 19 heavy (non-hydrogen) atoms. The summed E-state index contributed by atoms with van der Waals surface area (Å²) in [6.45, 7) is 10.5. The summed E-state index contributed by atoms with van der Waals surface area (Å²) in [4.78, 5) is 23.8. The van der Waals surface area contributed by atoms with Crippen molar-refractivity contribution in [3.05, 3.63) is 12.2 Å². The predicted octanol–water partition coefficient (Wildman–Crippen LogP) is 2.24. The molecule has 0 rings (SSSR count). The Kier molecular flexibility index (Phi) is 7.42. The normalized spacial score (nSPS) is 15.2. The monoisotopic (exact) mass is 268 g/mol. The fourth-order valence-corrected chi connectivity index (χ4v) is 2.14. The molecule has 110 valence electrons. The molecule has 0 bridgehead atoms. The summed E-state index contributed by atoms with van der Waals surface area (Å²) < 4.78 is 0. The smallest absolute Gasteiger partial charge is 0.223 e. The Labute approximate surface area is 116 Å². The van der Waals surface area contributed by atoms with E-state index in [1.807, 2.05) is 26.0 Å². The maximum atomic E-state index is 12.2. The van der Waals surface area contributed by atoms with Gasteiger partial charge in [0.05, 0.1) is 11.8 Å². The fourth-order valence-electron chi connectivity index (χ4n) is 2.14. The average Bonchev–Trinajstić information content (AvgIpc) is 2.26. The van der Waals surface area contributed by atoms with Crippen molar-refractivity contribution in [3.63, 3.8) is 0 Å². The van der Waals surface area contributed by atoms with Gasteiger partial charge >= 0.3 is 0 Å². The first-order chi connectivity index (χ1) is 8.72. The van der Waals surface area contributed by atoms with Crippen molar-refractivity contribution < 1.29 is 9.59 Å². The highest BCUT2D eigenvalue weighted by Gasteiger charge is 2.34. The number of primary amides is 1. The van der Waals surface area contributed by atoms with Crippen molar-refractivity contribution in [2.75, 3.05) is 6.54 Å². The molecule has 0 radical (unpaired) electrons. The molecule has 3 N–H and O–H groups in total. The third-order valence-electron chi connectivity index (χ3n) is 3.00. The topological polar surface area (TPSA) is 72.2 Å². The summed E-state index contributed by atoms with van der Waals surface area (Å²) in [6.07, 6.45) is 4.93. The zero-order chi connectivity index (χ0) is 15.1. The highest BCUT2D eigenvalue weighted by molar-refractivity contribution is 5.87. The van der Waals surface area contributed by atoms with E-state index in [4.69, 9.17) is 5.73 Å². The Hall–Kier alpha value is -1.32. The summed E-state index contributed by atoms with van der Waals surface area (Å²) >= 11 is 0. The van der Waals surface area contributed by atoms with Crippen LogP contribution in [-0.2, 0) is 9.59 Å². The Bertz CT molecular complexity index is 330. The number of nitrogens with two attached hydrogens (primary N) is 1. The molecule has 2 amide bonds. The van der Waals surface area contributed by atoms with E-state index in [0.717, 1.165) is 0 Å². The minimum Gasteiger partial charge on any atom is -0.369 e. The van der Waals surface area contributed by atoms with E-state index in [-0.39, 0.29) is 17.2 Å². The van der Waals surface area contributed by atoms with Gasteiger partial charge in [0.15, 0.2) is 0 Å². The van der Waals surface area contributed by atoms with Crippen LogP contribution in [0.1, 0.15) is 47.5 Å².